The Bertz CT molecular complexity index is 174. The van der Waals surface area contributed by atoms with Crippen molar-refractivity contribution in [3.8, 4) is 0 Å². The summed E-state index contributed by atoms with van der Waals surface area (Å²) in [7, 11) is -3.66. The molecule has 0 aromatic rings. The highest BCUT2D eigenvalue weighted by Gasteiger charge is 1.93. The molecular weight excluding hydrogens is 182 g/mol. The van der Waals surface area contributed by atoms with Crippen LogP contribution < -0.4 is 5.48 Å². The second kappa shape index (κ2) is 7.48. The Kier molecular flexibility index (Phi) is 8.95. The fraction of sp³-hybridized carbons (Fsp3) is 1.00. The van der Waals surface area contributed by atoms with Crippen LogP contribution in [0.25, 0.3) is 0 Å². The van der Waals surface area contributed by atoms with Crippen LogP contribution in [0.1, 0.15) is 27.2 Å². The van der Waals surface area contributed by atoms with E-state index >= 15 is 0 Å². The van der Waals surface area contributed by atoms with E-state index in [2.05, 4.69) is 5.48 Å². The molecule has 0 amide bonds. The van der Waals surface area contributed by atoms with Crippen LogP contribution >= 0.6 is 0 Å². The number of nitrogens with one attached hydrogen (secondary N) is 1. The molecule has 6 heteroatoms. The van der Waals surface area contributed by atoms with Gasteiger partial charge in [-0.3, -0.25) is 4.55 Å². The highest BCUT2D eigenvalue weighted by Crippen LogP contribution is 1.82. The van der Waals surface area contributed by atoms with E-state index in [0.29, 0.717) is 0 Å². The van der Waals surface area contributed by atoms with Gasteiger partial charge in [-0.1, -0.05) is 6.92 Å². The van der Waals surface area contributed by atoms with Gasteiger partial charge in [0.15, 0.2) is 0 Å². The van der Waals surface area contributed by atoms with Gasteiger partial charge in [0.05, 0.1) is 5.75 Å². The maximum Gasteiger partial charge on any atom is 0.264 e. The summed E-state index contributed by atoms with van der Waals surface area (Å²) in [6, 6.07) is 0.241. The maximum atomic E-state index is 9.56. The Labute approximate surface area is 73.5 Å². The lowest BCUT2D eigenvalue weighted by Gasteiger charge is -2.00. The van der Waals surface area contributed by atoms with Crippen LogP contribution in [0.4, 0.5) is 0 Å². The highest BCUT2D eigenvalue weighted by molar-refractivity contribution is 7.85. The maximum absolute atomic E-state index is 9.56. The van der Waals surface area contributed by atoms with E-state index in [9.17, 15) is 8.42 Å². The Morgan fingerprint density at radius 3 is 1.75 bits per heavy atom. The second-order valence-electron chi connectivity index (χ2n) is 2.31. The monoisotopic (exact) mass is 199 g/mol. The van der Waals surface area contributed by atoms with Crippen molar-refractivity contribution in [2.24, 2.45) is 0 Å². The van der Waals surface area contributed by atoms with Gasteiger partial charge in [-0.05, 0) is 20.3 Å². The predicted molar refractivity (Wildman–Crippen MR) is 46.8 cm³/mol. The van der Waals surface area contributed by atoms with E-state index in [1.807, 2.05) is 13.8 Å². The number of hydrogen-bond acceptors (Lipinski definition) is 4. The molecule has 1 atom stereocenters. The van der Waals surface area contributed by atoms with Crippen molar-refractivity contribution in [2.75, 3.05) is 5.75 Å². The molecule has 0 saturated carbocycles. The SMILES string of the molecule is CCC(C)NO.CCS(=O)(=O)O. The van der Waals surface area contributed by atoms with E-state index in [1.54, 1.807) is 0 Å². The molecule has 0 aliphatic carbocycles. The standard InChI is InChI=1S/C4H11NO.C2H6O3S/c1-3-4(2)5-6;1-2-6(3,4)5/h4-6H,3H2,1-2H3;2H2,1H3,(H,3,4,5). The molecule has 12 heavy (non-hydrogen) atoms. The summed E-state index contributed by atoms with van der Waals surface area (Å²) in [5.74, 6) is -0.201. The largest absolute Gasteiger partial charge is 0.317 e. The van der Waals surface area contributed by atoms with E-state index < -0.39 is 10.1 Å². The average Bonchev–Trinajstić information content (AvgIpc) is 2.03. The lowest BCUT2D eigenvalue weighted by molar-refractivity contribution is 0.131. The van der Waals surface area contributed by atoms with Gasteiger partial charge in [-0.2, -0.15) is 8.42 Å². The fourth-order valence-corrected chi connectivity index (χ4v) is 0.0913. The van der Waals surface area contributed by atoms with Crippen molar-refractivity contribution in [3.63, 3.8) is 0 Å². The Morgan fingerprint density at radius 1 is 1.42 bits per heavy atom. The lowest BCUT2D eigenvalue weighted by atomic mass is 10.3. The van der Waals surface area contributed by atoms with Gasteiger partial charge in [-0.15, -0.1) is 0 Å². The van der Waals surface area contributed by atoms with Gasteiger partial charge in [0.1, 0.15) is 0 Å². The molecule has 0 fully saturated rings. The lowest BCUT2D eigenvalue weighted by Crippen LogP contribution is -2.19. The van der Waals surface area contributed by atoms with E-state index in [0.717, 1.165) is 6.42 Å². The first-order valence-electron chi connectivity index (χ1n) is 3.72. The summed E-state index contributed by atoms with van der Waals surface area (Å²) >= 11 is 0. The molecule has 0 aromatic heterocycles. The summed E-state index contributed by atoms with van der Waals surface area (Å²) in [6.45, 7) is 5.29. The molecule has 0 aliphatic heterocycles. The molecule has 76 valence electrons. The van der Waals surface area contributed by atoms with Crippen LogP contribution in [-0.2, 0) is 10.1 Å². The second-order valence-corrected chi connectivity index (χ2v) is 4.05. The van der Waals surface area contributed by atoms with Gasteiger partial charge in [0.2, 0.25) is 0 Å². The van der Waals surface area contributed by atoms with Crippen LogP contribution in [0.3, 0.4) is 0 Å². The number of hydrogen-bond donors (Lipinski definition) is 3. The molecular formula is C6H17NO4S. The van der Waals surface area contributed by atoms with Gasteiger partial charge in [-0.25, -0.2) is 5.48 Å². The average molecular weight is 199 g/mol. The minimum atomic E-state index is -3.66. The first-order valence-corrected chi connectivity index (χ1v) is 5.33. The molecule has 0 rings (SSSR count). The van der Waals surface area contributed by atoms with Gasteiger partial charge >= 0.3 is 0 Å². The third-order valence-electron chi connectivity index (χ3n) is 1.20. The zero-order valence-electron chi connectivity index (χ0n) is 7.61. The van der Waals surface area contributed by atoms with Crippen molar-refractivity contribution < 1.29 is 18.2 Å². The van der Waals surface area contributed by atoms with Crippen LogP contribution in [0, 0.1) is 0 Å². The van der Waals surface area contributed by atoms with Crippen LogP contribution in [0.5, 0.6) is 0 Å². The fourth-order valence-electron chi connectivity index (χ4n) is 0.0913. The molecule has 0 aromatic carbocycles. The molecule has 3 N–H and O–H groups in total. The Balaban J connectivity index is 0. The summed E-state index contributed by atoms with van der Waals surface area (Å²) in [4.78, 5) is 0. The molecule has 0 bridgehead atoms. The van der Waals surface area contributed by atoms with Crippen LogP contribution in [0.15, 0.2) is 0 Å². The quantitative estimate of drug-likeness (QED) is 0.459. The smallest absolute Gasteiger partial charge is 0.264 e. The zero-order valence-corrected chi connectivity index (χ0v) is 8.43. The van der Waals surface area contributed by atoms with Crippen LogP contribution in [0.2, 0.25) is 0 Å². The third-order valence-corrected chi connectivity index (χ3v) is 1.93. The van der Waals surface area contributed by atoms with Crippen molar-refractivity contribution >= 4 is 10.1 Å². The van der Waals surface area contributed by atoms with Crippen LogP contribution in [-0.4, -0.2) is 30.0 Å². The van der Waals surface area contributed by atoms with Crippen molar-refractivity contribution in [1.29, 1.82) is 0 Å². The summed E-state index contributed by atoms with van der Waals surface area (Å²) in [5.41, 5.74) is 2.11. The van der Waals surface area contributed by atoms with Gasteiger partial charge in [0.25, 0.3) is 10.1 Å². The van der Waals surface area contributed by atoms with Crippen molar-refractivity contribution in [1.82, 2.24) is 5.48 Å². The minimum absolute atomic E-state index is 0.201. The summed E-state index contributed by atoms with van der Waals surface area (Å²) in [5, 5.41) is 8.08. The molecule has 0 heterocycles. The zero-order chi connectivity index (χ0) is 10.2. The normalized spacial score (nSPS) is 13.1. The topological polar surface area (TPSA) is 86.6 Å². The molecule has 5 nitrogen and oxygen atoms in total. The van der Waals surface area contributed by atoms with E-state index in [-0.39, 0.29) is 11.8 Å². The van der Waals surface area contributed by atoms with Gasteiger partial charge < -0.3 is 5.21 Å². The summed E-state index contributed by atoms with van der Waals surface area (Å²) in [6.07, 6.45) is 0.969. The predicted octanol–water partition coefficient (Wildman–Crippen LogP) is 0.658. The molecule has 0 radical (unpaired) electrons. The minimum Gasteiger partial charge on any atom is -0.317 e. The number of rotatable bonds is 3. The molecule has 1 unspecified atom stereocenters. The highest BCUT2D eigenvalue weighted by atomic mass is 32.2. The number of hydroxylamine groups is 1. The molecule has 0 saturated heterocycles. The Morgan fingerprint density at radius 2 is 1.75 bits per heavy atom. The van der Waals surface area contributed by atoms with E-state index in [1.165, 1.54) is 6.92 Å². The van der Waals surface area contributed by atoms with E-state index in [4.69, 9.17) is 9.76 Å². The Hall–Kier alpha value is -0.170. The van der Waals surface area contributed by atoms with Gasteiger partial charge in [0, 0.05) is 6.04 Å². The van der Waals surface area contributed by atoms with Crippen molar-refractivity contribution in [2.45, 2.75) is 33.2 Å². The first kappa shape index (κ1) is 14.4. The summed E-state index contributed by atoms with van der Waals surface area (Å²) < 4.78 is 26.9. The first-order chi connectivity index (χ1) is 5.37. The molecule has 0 spiro atoms. The van der Waals surface area contributed by atoms with Crippen molar-refractivity contribution in [3.05, 3.63) is 0 Å². The third kappa shape index (κ3) is 16.4. The molecule has 0 aliphatic rings.